The van der Waals surface area contributed by atoms with E-state index in [0.29, 0.717) is 22.1 Å². The molecule has 4 rings (SSSR count). The summed E-state index contributed by atoms with van der Waals surface area (Å²) in [5.41, 5.74) is 4.81. The first kappa shape index (κ1) is 22.4. The quantitative estimate of drug-likeness (QED) is 0.189. The van der Waals surface area contributed by atoms with Gasteiger partial charge in [0.2, 0.25) is 0 Å². The van der Waals surface area contributed by atoms with Gasteiger partial charge in [-0.15, -0.1) is 10.2 Å². The van der Waals surface area contributed by atoms with Crippen molar-refractivity contribution >= 4 is 74.7 Å². The second-order valence-corrected chi connectivity index (χ2v) is 10.8. The predicted molar refractivity (Wildman–Crippen MR) is 117 cm³/mol. The number of carbonyl (C=O) groups excluding carboxylic acids is 2. The average molecular weight is 516 g/mol. The second kappa shape index (κ2) is 8.65. The molecule has 0 radical (unpaired) electrons. The van der Waals surface area contributed by atoms with Gasteiger partial charge in [0.25, 0.3) is 11.8 Å². The molecule has 32 heavy (non-hydrogen) atoms. The Kier molecular flexibility index (Phi) is 6.07. The molecule has 2 aliphatic heterocycles. The number of hydrogen-bond acceptors (Lipinski definition) is 12. The fraction of sp³-hybridized carbons (Fsp3) is 0.312. The number of aromatic nitrogens is 3. The number of oxime groups is 1. The summed E-state index contributed by atoms with van der Waals surface area (Å²) in [6.45, 7) is 1.79. The summed E-state index contributed by atoms with van der Waals surface area (Å²) in [5.74, 6) is -2.73. The molecule has 12 nitrogen and oxygen atoms in total. The lowest BCUT2D eigenvalue weighted by atomic mass is 9.86. The van der Waals surface area contributed by atoms with Crippen LogP contribution in [0.1, 0.15) is 23.5 Å². The molecule has 2 amide bonds. The van der Waals surface area contributed by atoms with Gasteiger partial charge < -0.3 is 21.4 Å². The molecule has 16 heteroatoms. The molecular weight excluding hydrogens is 502 g/mol. The number of thioether (sulfide) groups is 1. The van der Waals surface area contributed by atoms with Crippen LogP contribution in [0.4, 0.5) is 5.13 Å². The highest BCUT2D eigenvalue weighted by molar-refractivity contribution is 8.04. The molecule has 168 valence electrons. The van der Waals surface area contributed by atoms with Gasteiger partial charge in [0.1, 0.15) is 26.8 Å². The van der Waals surface area contributed by atoms with Gasteiger partial charge in [-0.2, -0.15) is 0 Å². The molecule has 2 atom stereocenters. The van der Waals surface area contributed by atoms with E-state index in [1.54, 1.807) is 6.92 Å². The van der Waals surface area contributed by atoms with Crippen molar-refractivity contribution in [2.24, 2.45) is 5.16 Å². The third-order valence-corrected chi connectivity index (χ3v) is 7.86. The van der Waals surface area contributed by atoms with Crippen LogP contribution in [0.25, 0.3) is 0 Å². The lowest BCUT2D eigenvalue weighted by Gasteiger charge is -2.49. The van der Waals surface area contributed by atoms with Gasteiger partial charge in [0.15, 0.2) is 15.2 Å². The Morgan fingerprint density at radius 2 is 2.12 bits per heavy atom. The van der Waals surface area contributed by atoms with Crippen molar-refractivity contribution in [2.45, 2.75) is 36.2 Å². The highest BCUT2D eigenvalue weighted by Gasteiger charge is 2.54. The molecule has 2 aliphatic rings. The SMILES string of the molecule is Cc1nnc(SC2=C(C(=O)O)N3C(=O)C(NC(=O)/C(=N\O)c4nc(N)sc4Cl)[C@H]3CC2)s1. The first-order valence-electron chi connectivity index (χ1n) is 8.93. The van der Waals surface area contributed by atoms with Crippen LogP contribution in [-0.4, -0.2) is 66.0 Å². The topological polar surface area (TPSA) is 184 Å². The molecule has 0 aromatic carbocycles. The molecule has 4 heterocycles. The maximum absolute atomic E-state index is 12.8. The molecule has 0 aliphatic carbocycles. The van der Waals surface area contributed by atoms with Crippen LogP contribution in [0.3, 0.4) is 0 Å². The Labute approximate surface area is 197 Å². The van der Waals surface area contributed by atoms with Crippen LogP contribution in [0, 0.1) is 6.92 Å². The number of allylic oxidation sites excluding steroid dienone is 1. The van der Waals surface area contributed by atoms with Crippen molar-refractivity contribution in [3.05, 3.63) is 25.6 Å². The molecule has 1 unspecified atom stereocenters. The Balaban J connectivity index is 1.53. The summed E-state index contributed by atoms with van der Waals surface area (Å²) in [7, 11) is 0. The van der Waals surface area contributed by atoms with Crippen molar-refractivity contribution in [3.8, 4) is 0 Å². The van der Waals surface area contributed by atoms with Crippen LogP contribution < -0.4 is 11.1 Å². The number of fused-ring (bicyclic) bond motifs is 1. The number of carboxylic acids is 1. The molecule has 5 N–H and O–H groups in total. The summed E-state index contributed by atoms with van der Waals surface area (Å²) in [6.07, 6.45) is 0.796. The normalized spacial score (nSPS) is 20.8. The minimum absolute atomic E-state index is 0.0503. The minimum atomic E-state index is -1.25. The maximum Gasteiger partial charge on any atom is 0.353 e. The standard InChI is InChI=1S/C16H14ClN7O5S3/c1-4-21-22-16(30-4)31-6-3-2-5-7(13(26)24(5)10(6)14(27)28)19-12(25)9(23-29)8-11(17)32-15(18)20-8/h5,7,29H,2-3H2,1H3,(H2,18,20)(H,19,25)(H,27,28)/b23-9-/t5-,7?/m1/s1. The fourth-order valence-electron chi connectivity index (χ4n) is 3.43. The highest BCUT2D eigenvalue weighted by Crippen LogP contribution is 2.43. The van der Waals surface area contributed by atoms with E-state index in [-0.39, 0.29) is 20.9 Å². The van der Waals surface area contributed by atoms with Crippen molar-refractivity contribution in [2.75, 3.05) is 5.73 Å². The van der Waals surface area contributed by atoms with E-state index in [2.05, 4.69) is 25.7 Å². The van der Waals surface area contributed by atoms with E-state index in [0.717, 1.165) is 21.2 Å². The number of aliphatic carboxylic acids is 1. The number of rotatable bonds is 6. The molecule has 2 aromatic rings. The van der Waals surface area contributed by atoms with Crippen LogP contribution in [0.15, 0.2) is 20.1 Å². The fourth-order valence-corrected chi connectivity index (χ4v) is 6.40. The number of nitrogens with two attached hydrogens (primary N) is 1. The Morgan fingerprint density at radius 3 is 2.69 bits per heavy atom. The van der Waals surface area contributed by atoms with E-state index in [1.165, 1.54) is 23.1 Å². The van der Waals surface area contributed by atoms with Gasteiger partial charge in [0.05, 0.1) is 6.04 Å². The van der Waals surface area contributed by atoms with E-state index in [4.69, 9.17) is 17.3 Å². The number of hydrogen-bond donors (Lipinski definition) is 4. The maximum atomic E-state index is 12.8. The molecule has 1 saturated heterocycles. The zero-order valence-electron chi connectivity index (χ0n) is 16.1. The number of carboxylic acid groups (broad SMARTS) is 1. The first-order valence-corrected chi connectivity index (χ1v) is 11.8. The van der Waals surface area contributed by atoms with Crippen LogP contribution in [0.2, 0.25) is 4.34 Å². The summed E-state index contributed by atoms with van der Waals surface area (Å²) in [4.78, 5) is 42.9. The molecule has 0 spiro atoms. The van der Waals surface area contributed by atoms with E-state index in [1.807, 2.05) is 0 Å². The van der Waals surface area contributed by atoms with Gasteiger partial charge in [-0.1, -0.05) is 51.2 Å². The number of aryl methyl sites for hydroxylation is 1. The second-order valence-electron chi connectivity index (χ2n) is 6.65. The van der Waals surface area contributed by atoms with Crippen LogP contribution >= 0.6 is 46.0 Å². The lowest BCUT2D eigenvalue weighted by molar-refractivity contribution is -0.155. The average Bonchev–Trinajstić information content (AvgIpc) is 3.30. The number of nitrogens with zero attached hydrogens (tertiary/aromatic N) is 5. The van der Waals surface area contributed by atoms with Gasteiger partial charge in [-0.25, -0.2) is 9.78 Å². The molecule has 0 saturated carbocycles. The van der Waals surface area contributed by atoms with Gasteiger partial charge >= 0.3 is 5.97 Å². The van der Waals surface area contributed by atoms with Gasteiger partial charge in [-0.3, -0.25) is 14.5 Å². The highest BCUT2D eigenvalue weighted by atomic mass is 35.5. The number of amides is 2. The third-order valence-electron chi connectivity index (χ3n) is 4.74. The van der Waals surface area contributed by atoms with E-state index < -0.39 is 35.6 Å². The number of halogens is 1. The molecule has 1 fully saturated rings. The Hall–Kier alpha value is -2.75. The zero-order valence-corrected chi connectivity index (χ0v) is 19.3. The van der Waals surface area contributed by atoms with Crippen LogP contribution in [0.5, 0.6) is 0 Å². The van der Waals surface area contributed by atoms with Gasteiger partial charge in [0, 0.05) is 4.91 Å². The Bertz CT molecular complexity index is 1190. The van der Waals surface area contributed by atoms with Crippen molar-refractivity contribution in [3.63, 3.8) is 0 Å². The van der Waals surface area contributed by atoms with E-state index >= 15 is 0 Å². The number of anilines is 1. The number of thiazole rings is 1. The summed E-state index contributed by atoms with van der Waals surface area (Å²) in [5, 5.41) is 33.2. The lowest BCUT2D eigenvalue weighted by Crippen LogP contribution is -2.72. The molecular formula is C16H14ClN7O5S3. The van der Waals surface area contributed by atoms with Crippen LogP contribution in [-0.2, 0) is 14.4 Å². The number of nitrogens with one attached hydrogen (secondary N) is 1. The van der Waals surface area contributed by atoms with Crippen molar-refractivity contribution in [1.29, 1.82) is 0 Å². The smallest absolute Gasteiger partial charge is 0.353 e. The van der Waals surface area contributed by atoms with Gasteiger partial charge in [-0.05, 0) is 19.8 Å². The minimum Gasteiger partial charge on any atom is -0.477 e. The van der Waals surface area contributed by atoms with E-state index in [9.17, 15) is 24.7 Å². The third kappa shape index (κ3) is 3.92. The first-order chi connectivity index (χ1) is 15.2. The number of β-lactam (4-membered cyclic amide) rings is 1. The molecule has 2 aromatic heterocycles. The summed E-state index contributed by atoms with van der Waals surface area (Å²) >= 11 is 9.36. The Morgan fingerprint density at radius 1 is 1.38 bits per heavy atom. The summed E-state index contributed by atoms with van der Waals surface area (Å²) < 4.78 is 0.630. The largest absolute Gasteiger partial charge is 0.477 e. The number of nitrogen functional groups attached to an aromatic ring is 1. The summed E-state index contributed by atoms with van der Waals surface area (Å²) in [6, 6.07) is -1.55. The van der Waals surface area contributed by atoms with Crippen molar-refractivity contribution in [1.82, 2.24) is 25.4 Å². The predicted octanol–water partition coefficient (Wildman–Crippen LogP) is 1.29. The molecule has 0 bridgehead atoms. The zero-order chi connectivity index (χ0) is 23.2. The monoisotopic (exact) mass is 515 g/mol. The number of carbonyl (C=O) groups is 3. The van der Waals surface area contributed by atoms with Crippen molar-refractivity contribution < 1.29 is 24.7 Å².